The van der Waals surface area contributed by atoms with Crippen LogP contribution < -0.4 is 0 Å². The Labute approximate surface area is 100 Å². The Balaban J connectivity index is 4.54. The second kappa shape index (κ2) is 8.14. The molecule has 6 heteroatoms. The van der Waals surface area contributed by atoms with E-state index < -0.39 is 0 Å². The largest absolute Gasteiger partial charge is 0.301 e. The number of hydrogen-bond donors (Lipinski definition) is 0. The van der Waals surface area contributed by atoms with E-state index >= 15 is 0 Å². The molecule has 0 radical (unpaired) electrons. The van der Waals surface area contributed by atoms with Crippen molar-refractivity contribution in [3.05, 3.63) is 11.1 Å². The van der Waals surface area contributed by atoms with E-state index in [4.69, 9.17) is 0 Å². The summed E-state index contributed by atoms with van der Waals surface area (Å²) in [7, 11) is 0. The SMILES string of the molecule is CCN(CBr)N(CC=O)C(=O)/C=C/Br. The first-order valence-corrected chi connectivity index (χ1v) is 6.07. The van der Waals surface area contributed by atoms with Crippen molar-refractivity contribution in [3.8, 4) is 0 Å². The van der Waals surface area contributed by atoms with Crippen molar-refractivity contribution in [2.75, 3.05) is 18.5 Å². The van der Waals surface area contributed by atoms with Gasteiger partial charge in [0.1, 0.15) is 6.29 Å². The third-order valence-electron chi connectivity index (χ3n) is 1.55. The molecule has 0 aliphatic carbocycles. The van der Waals surface area contributed by atoms with Gasteiger partial charge >= 0.3 is 0 Å². The number of alkyl halides is 1. The molecule has 0 heterocycles. The Morgan fingerprint density at radius 2 is 2.14 bits per heavy atom. The lowest BCUT2D eigenvalue weighted by atomic mass is 10.5. The highest BCUT2D eigenvalue weighted by Gasteiger charge is 2.16. The predicted molar refractivity (Wildman–Crippen MR) is 62.0 cm³/mol. The number of aldehydes is 1. The van der Waals surface area contributed by atoms with Gasteiger partial charge in [0.05, 0.1) is 12.0 Å². The van der Waals surface area contributed by atoms with Crippen molar-refractivity contribution in [1.29, 1.82) is 0 Å². The number of rotatable bonds is 6. The molecule has 0 aliphatic rings. The Bertz CT molecular complexity index is 217. The van der Waals surface area contributed by atoms with Gasteiger partial charge in [-0.25, -0.2) is 5.01 Å². The number of hydrogen-bond acceptors (Lipinski definition) is 3. The van der Waals surface area contributed by atoms with Crippen LogP contribution in [0.3, 0.4) is 0 Å². The molecule has 0 unspecified atom stereocenters. The molecule has 0 atom stereocenters. The molecule has 0 spiro atoms. The molecule has 0 saturated carbocycles. The van der Waals surface area contributed by atoms with Crippen molar-refractivity contribution >= 4 is 44.1 Å². The smallest absolute Gasteiger partial charge is 0.261 e. The number of carbonyl (C=O) groups excluding carboxylic acids is 2. The van der Waals surface area contributed by atoms with Crippen LogP contribution in [0.4, 0.5) is 0 Å². The number of nitrogens with zero attached hydrogens (tertiary/aromatic N) is 2. The highest BCUT2D eigenvalue weighted by Crippen LogP contribution is 2.02. The minimum atomic E-state index is -0.227. The maximum absolute atomic E-state index is 11.5. The summed E-state index contributed by atoms with van der Waals surface area (Å²) >= 11 is 6.26. The average molecular weight is 328 g/mol. The van der Waals surface area contributed by atoms with E-state index in [1.54, 1.807) is 5.01 Å². The van der Waals surface area contributed by atoms with Gasteiger partial charge in [-0.1, -0.05) is 38.8 Å². The van der Waals surface area contributed by atoms with Gasteiger partial charge in [0.25, 0.3) is 5.91 Å². The van der Waals surface area contributed by atoms with Gasteiger partial charge in [-0.3, -0.25) is 9.80 Å². The van der Waals surface area contributed by atoms with Crippen LogP contribution in [0.25, 0.3) is 0 Å². The number of amides is 1. The lowest BCUT2D eigenvalue weighted by molar-refractivity contribution is -0.143. The van der Waals surface area contributed by atoms with Crippen LogP contribution in [0.15, 0.2) is 11.1 Å². The van der Waals surface area contributed by atoms with E-state index in [0.717, 1.165) is 0 Å². The summed E-state index contributed by atoms with van der Waals surface area (Å²) < 4.78 is 0. The molecule has 0 aromatic carbocycles. The second-order valence-electron chi connectivity index (χ2n) is 2.32. The van der Waals surface area contributed by atoms with Crippen molar-refractivity contribution < 1.29 is 9.59 Å². The zero-order chi connectivity index (χ0) is 11.0. The minimum absolute atomic E-state index is 0.0651. The molecular formula is C8H12Br2N2O2. The van der Waals surface area contributed by atoms with E-state index in [1.807, 2.05) is 6.92 Å². The third kappa shape index (κ3) is 4.34. The summed E-state index contributed by atoms with van der Waals surface area (Å²) in [6, 6.07) is 0. The van der Waals surface area contributed by atoms with Crippen LogP contribution in [0, 0.1) is 0 Å². The van der Waals surface area contributed by atoms with Gasteiger partial charge < -0.3 is 4.79 Å². The molecular weight excluding hydrogens is 316 g/mol. The fraction of sp³-hybridized carbons (Fsp3) is 0.500. The van der Waals surface area contributed by atoms with Crippen LogP contribution in [-0.2, 0) is 9.59 Å². The Kier molecular flexibility index (Phi) is 8.02. The van der Waals surface area contributed by atoms with Crippen LogP contribution in [0.5, 0.6) is 0 Å². The number of halogens is 2. The third-order valence-corrected chi connectivity index (χ3v) is 2.40. The quantitative estimate of drug-likeness (QED) is 0.244. The molecule has 0 aromatic heterocycles. The Morgan fingerprint density at radius 1 is 1.50 bits per heavy atom. The van der Waals surface area contributed by atoms with Gasteiger partial charge in [0, 0.05) is 12.6 Å². The van der Waals surface area contributed by atoms with E-state index in [-0.39, 0.29) is 12.5 Å². The lowest BCUT2D eigenvalue weighted by Gasteiger charge is -2.30. The molecule has 0 fully saturated rings. The average Bonchev–Trinajstić information content (AvgIpc) is 2.18. The molecule has 14 heavy (non-hydrogen) atoms. The molecule has 0 bridgehead atoms. The highest BCUT2D eigenvalue weighted by atomic mass is 79.9. The van der Waals surface area contributed by atoms with E-state index in [1.165, 1.54) is 16.1 Å². The van der Waals surface area contributed by atoms with Crippen molar-refractivity contribution in [3.63, 3.8) is 0 Å². The van der Waals surface area contributed by atoms with Gasteiger partial charge in [-0.2, -0.15) is 0 Å². The number of hydrazine groups is 1. The molecule has 0 saturated heterocycles. The minimum Gasteiger partial charge on any atom is -0.301 e. The van der Waals surface area contributed by atoms with Crippen molar-refractivity contribution in [2.45, 2.75) is 6.92 Å². The Morgan fingerprint density at radius 3 is 2.50 bits per heavy atom. The summed E-state index contributed by atoms with van der Waals surface area (Å²) in [5.74, 6) is -0.227. The topological polar surface area (TPSA) is 40.6 Å². The fourth-order valence-corrected chi connectivity index (χ4v) is 1.73. The first kappa shape index (κ1) is 13.8. The monoisotopic (exact) mass is 326 g/mol. The van der Waals surface area contributed by atoms with Gasteiger partial charge in [-0.05, 0) is 4.99 Å². The first-order chi connectivity index (χ1) is 6.71. The zero-order valence-electron chi connectivity index (χ0n) is 7.82. The molecule has 0 rings (SSSR count). The van der Waals surface area contributed by atoms with E-state index in [9.17, 15) is 9.59 Å². The molecule has 0 N–H and O–H groups in total. The van der Waals surface area contributed by atoms with Crippen molar-refractivity contribution in [1.82, 2.24) is 10.0 Å². The predicted octanol–water partition coefficient (Wildman–Crippen LogP) is 1.51. The number of carbonyl (C=O) groups is 2. The summed E-state index contributed by atoms with van der Waals surface area (Å²) in [5, 5.41) is 3.10. The first-order valence-electron chi connectivity index (χ1n) is 4.03. The van der Waals surface area contributed by atoms with E-state index in [2.05, 4.69) is 31.9 Å². The van der Waals surface area contributed by atoms with Crippen LogP contribution in [0.1, 0.15) is 6.92 Å². The standard InChI is InChI=1S/C8H12Br2N2O2/c1-2-11(7-10)12(5-6-13)8(14)3-4-9/h3-4,6H,2,5,7H2,1H3/b4-3+. The molecule has 80 valence electrons. The van der Waals surface area contributed by atoms with Crippen LogP contribution in [0.2, 0.25) is 0 Å². The van der Waals surface area contributed by atoms with E-state index in [0.29, 0.717) is 18.3 Å². The van der Waals surface area contributed by atoms with Crippen LogP contribution >= 0.6 is 31.9 Å². The van der Waals surface area contributed by atoms with Gasteiger partial charge in [-0.15, -0.1) is 0 Å². The normalized spacial score (nSPS) is 10.9. The molecule has 1 amide bonds. The highest BCUT2D eigenvalue weighted by molar-refractivity contribution is 9.11. The molecule has 4 nitrogen and oxygen atoms in total. The maximum atomic E-state index is 11.5. The Hall–Kier alpha value is -0.200. The zero-order valence-corrected chi connectivity index (χ0v) is 11.0. The molecule has 0 aliphatic heterocycles. The second-order valence-corrected chi connectivity index (χ2v) is 3.35. The summed E-state index contributed by atoms with van der Waals surface area (Å²) in [5.41, 5.74) is 0.513. The summed E-state index contributed by atoms with van der Waals surface area (Å²) in [6.45, 7) is 2.63. The van der Waals surface area contributed by atoms with Crippen molar-refractivity contribution in [2.24, 2.45) is 0 Å². The summed E-state index contributed by atoms with van der Waals surface area (Å²) in [4.78, 5) is 23.3. The lowest BCUT2D eigenvalue weighted by Crippen LogP contribution is -2.46. The fourth-order valence-electron chi connectivity index (χ4n) is 0.875. The summed E-state index contributed by atoms with van der Waals surface area (Å²) in [6.07, 6.45) is 2.06. The maximum Gasteiger partial charge on any atom is 0.261 e. The van der Waals surface area contributed by atoms with Gasteiger partial charge in [0.15, 0.2) is 0 Å². The van der Waals surface area contributed by atoms with Gasteiger partial charge in [0.2, 0.25) is 0 Å². The molecule has 0 aromatic rings. The van der Waals surface area contributed by atoms with Crippen LogP contribution in [-0.4, -0.2) is 40.8 Å².